The maximum Gasteiger partial charge on any atom is 0.213 e. The molecule has 0 aliphatic rings. The first-order valence-electron chi connectivity index (χ1n) is 6.75. The molecular weight excluding hydrogens is 262 g/mol. The highest BCUT2D eigenvalue weighted by Crippen LogP contribution is 2.17. The maximum atomic E-state index is 12.7. The Balaban J connectivity index is 2.06. The molecule has 0 spiro atoms. The van der Waals surface area contributed by atoms with E-state index < -0.39 is 0 Å². The fraction of sp³-hybridized carbons (Fsp3) is 0.118. The van der Waals surface area contributed by atoms with E-state index in [1.165, 1.54) is 6.20 Å². The third kappa shape index (κ3) is 2.48. The molecule has 0 aliphatic carbocycles. The second kappa shape index (κ2) is 5.32. The van der Waals surface area contributed by atoms with Crippen LogP contribution in [0.2, 0.25) is 0 Å². The molecule has 1 heterocycles. The number of nitrogens with zero attached hydrogens (tertiary/aromatic N) is 3. The Hall–Kier alpha value is -2.75. The van der Waals surface area contributed by atoms with Gasteiger partial charge in [-0.2, -0.15) is 0 Å². The van der Waals surface area contributed by atoms with Crippen LogP contribution in [-0.4, -0.2) is 20.8 Å². The van der Waals surface area contributed by atoms with Gasteiger partial charge in [0.1, 0.15) is 5.69 Å². The third-order valence-corrected chi connectivity index (χ3v) is 3.41. The van der Waals surface area contributed by atoms with Crippen LogP contribution in [0.25, 0.3) is 5.69 Å². The van der Waals surface area contributed by atoms with Crippen molar-refractivity contribution in [3.8, 4) is 5.69 Å². The lowest BCUT2D eigenvalue weighted by molar-refractivity contribution is 0.103. The van der Waals surface area contributed by atoms with E-state index in [-0.39, 0.29) is 5.78 Å². The van der Waals surface area contributed by atoms with E-state index in [0.717, 1.165) is 16.8 Å². The molecule has 21 heavy (non-hydrogen) atoms. The van der Waals surface area contributed by atoms with Crippen LogP contribution >= 0.6 is 0 Å². The molecule has 0 unspecified atom stereocenters. The van der Waals surface area contributed by atoms with Crippen molar-refractivity contribution in [1.82, 2.24) is 15.0 Å². The zero-order valence-electron chi connectivity index (χ0n) is 11.9. The van der Waals surface area contributed by atoms with Gasteiger partial charge in [-0.25, -0.2) is 4.68 Å². The van der Waals surface area contributed by atoms with Crippen molar-refractivity contribution in [3.05, 3.63) is 77.1 Å². The number of benzene rings is 2. The van der Waals surface area contributed by atoms with Crippen molar-refractivity contribution >= 4 is 5.78 Å². The van der Waals surface area contributed by atoms with Crippen LogP contribution in [-0.2, 0) is 0 Å². The predicted molar refractivity (Wildman–Crippen MR) is 80.7 cm³/mol. The van der Waals surface area contributed by atoms with Crippen molar-refractivity contribution in [1.29, 1.82) is 0 Å². The van der Waals surface area contributed by atoms with Crippen LogP contribution in [0.1, 0.15) is 27.2 Å². The molecule has 0 N–H and O–H groups in total. The Morgan fingerprint density at radius 1 is 1.05 bits per heavy atom. The van der Waals surface area contributed by atoms with Crippen molar-refractivity contribution in [2.24, 2.45) is 0 Å². The van der Waals surface area contributed by atoms with Crippen molar-refractivity contribution < 1.29 is 4.79 Å². The van der Waals surface area contributed by atoms with E-state index in [0.29, 0.717) is 11.3 Å². The van der Waals surface area contributed by atoms with Crippen LogP contribution < -0.4 is 0 Å². The van der Waals surface area contributed by atoms with E-state index in [1.54, 1.807) is 4.68 Å². The molecular formula is C17H15N3O. The summed E-state index contributed by atoms with van der Waals surface area (Å²) in [6.07, 6.45) is 1.51. The third-order valence-electron chi connectivity index (χ3n) is 3.41. The molecule has 0 amide bonds. The quantitative estimate of drug-likeness (QED) is 0.691. The number of carbonyl (C=O) groups is 1. The summed E-state index contributed by atoms with van der Waals surface area (Å²) in [4.78, 5) is 12.7. The summed E-state index contributed by atoms with van der Waals surface area (Å²) in [5.74, 6) is -0.0682. The fourth-order valence-electron chi connectivity index (χ4n) is 2.36. The molecule has 0 aliphatic heterocycles. The second-order valence-corrected chi connectivity index (χ2v) is 5.01. The van der Waals surface area contributed by atoms with Crippen LogP contribution in [0.4, 0.5) is 0 Å². The van der Waals surface area contributed by atoms with Gasteiger partial charge in [0.05, 0.1) is 11.9 Å². The number of hydrogen-bond acceptors (Lipinski definition) is 3. The first kappa shape index (κ1) is 13.2. The number of para-hydroxylation sites is 1. The normalized spacial score (nSPS) is 10.6. The molecule has 3 rings (SSSR count). The summed E-state index contributed by atoms with van der Waals surface area (Å²) in [7, 11) is 0. The Labute approximate surface area is 123 Å². The molecule has 2 aromatic carbocycles. The lowest BCUT2D eigenvalue weighted by Crippen LogP contribution is -2.11. The van der Waals surface area contributed by atoms with E-state index in [4.69, 9.17) is 0 Å². The van der Waals surface area contributed by atoms with Gasteiger partial charge in [0.2, 0.25) is 5.78 Å². The standard InChI is InChI=1S/C17H15N3O/c1-12-8-9-15(13(2)10-12)17(21)16-11-18-19-20(16)14-6-4-3-5-7-14/h3-11H,1-2H3. The molecule has 0 saturated heterocycles. The van der Waals surface area contributed by atoms with E-state index >= 15 is 0 Å². The van der Waals surface area contributed by atoms with Gasteiger partial charge in [0.25, 0.3) is 0 Å². The first-order chi connectivity index (χ1) is 10.2. The number of aryl methyl sites for hydroxylation is 2. The minimum Gasteiger partial charge on any atom is -0.287 e. The minimum atomic E-state index is -0.0682. The summed E-state index contributed by atoms with van der Waals surface area (Å²) < 4.78 is 1.57. The van der Waals surface area contributed by atoms with Crippen molar-refractivity contribution in [2.45, 2.75) is 13.8 Å². The van der Waals surface area contributed by atoms with E-state index in [1.807, 2.05) is 62.4 Å². The highest BCUT2D eigenvalue weighted by Gasteiger charge is 2.18. The van der Waals surface area contributed by atoms with Gasteiger partial charge in [-0.3, -0.25) is 4.79 Å². The van der Waals surface area contributed by atoms with Crippen LogP contribution in [0.3, 0.4) is 0 Å². The molecule has 0 radical (unpaired) electrons. The highest BCUT2D eigenvalue weighted by atomic mass is 16.1. The van der Waals surface area contributed by atoms with Gasteiger partial charge in [0, 0.05) is 5.56 Å². The average Bonchev–Trinajstić information content (AvgIpc) is 2.97. The molecule has 104 valence electrons. The van der Waals surface area contributed by atoms with E-state index in [9.17, 15) is 4.79 Å². The Morgan fingerprint density at radius 2 is 1.81 bits per heavy atom. The Morgan fingerprint density at radius 3 is 2.52 bits per heavy atom. The molecule has 0 saturated carbocycles. The topological polar surface area (TPSA) is 47.8 Å². The average molecular weight is 277 g/mol. The van der Waals surface area contributed by atoms with Gasteiger partial charge in [-0.05, 0) is 31.5 Å². The number of carbonyl (C=O) groups excluding carboxylic acids is 1. The van der Waals surface area contributed by atoms with Gasteiger partial charge >= 0.3 is 0 Å². The molecule has 4 nitrogen and oxygen atoms in total. The minimum absolute atomic E-state index is 0.0682. The van der Waals surface area contributed by atoms with Crippen LogP contribution in [0, 0.1) is 13.8 Å². The SMILES string of the molecule is Cc1ccc(C(=O)c2cnnn2-c2ccccc2)c(C)c1. The van der Waals surface area contributed by atoms with Crippen LogP contribution in [0.15, 0.2) is 54.7 Å². The van der Waals surface area contributed by atoms with Crippen LogP contribution in [0.5, 0.6) is 0 Å². The smallest absolute Gasteiger partial charge is 0.213 e. The molecule has 0 atom stereocenters. The molecule has 0 fully saturated rings. The summed E-state index contributed by atoms with van der Waals surface area (Å²) in [6.45, 7) is 3.95. The van der Waals surface area contributed by atoms with Crippen molar-refractivity contribution in [2.75, 3.05) is 0 Å². The highest BCUT2D eigenvalue weighted by molar-refractivity contribution is 6.08. The summed E-state index contributed by atoms with van der Waals surface area (Å²) >= 11 is 0. The monoisotopic (exact) mass is 277 g/mol. The number of aromatic nitrogens is 3. The molecule has 0 bridgehead atoms. The summed E-state index contributed by atoms with van der Waals surface area (Å²) in [6, 6.07) is 15.3. The summed E-state index contributed by atoms with van der Waals surface area (Å²) in [5.41, 5.74) is 4.07. The number of rotatable bonds is 3. The Bertz CT molecular complexity index is 791. The Kier molecular flexibility index (Phi) is 3.36. The van der Waals surface area contributed by atoms with Gasteiger partial charge in [-0.15, -0.1) is 5.10 Å². The molecule has 3 aromatic rings. The largest absolute Gasteiger partial charge is 0.287 e. The lowest BCUT2D eigenvalue weighted by atomic mass is 10.0. The van der Waals surface area contributed by atoms with Gasteiger partial charge in [0.15, 0.2) is 0 Å². The summed E-state index contributed by atoms with van der Waals surface area (Å²) in [5, 5.41) is 7.91. The number of ketones is 1. The second-order valence-electron chi connectivity index (χ2n) is 5.01. The lowest BCUT2D eigenvalue weighted by Gasteiger charge is -2.08. The zero-order chi connectivity index (χ0) is 14.8. The van der Waals surface area contributed by atoms with Gasteiger partial charge in [-0.1, -0.05) is 47.2 Å². The zero-order valence-corrected chi connectivity index (χ0v) is 11.9. The fourth-order valence-corrected chi connectivity index (χ4v) is 2.36. The van der Waals surface area contributed by atoms with Crippen molar-refractivity contribution in [3.63, 3.8) is 0 Å². The number of hydrogen-bond donors (Lipinski definition) is 0. The van der Waals surface area contributed by atoms with E-state index in [2.05, 4.69) is 10.3 Å². The first-order valence-corrected chi connectivity index (χ1v) is 6.75. The maximum absolute atomic E-state index is 12.7. The van der Waals surface area contributed by atoms with Gasteiger partial charge < -0.3 is 0 Å². The predicted octanol–water partition coefficient (Wildman–Crippen LogP) is 3.12. The molecule has 1 aromatic heterocycles. The molecule has 4 heteroatoms.